The summed E-state index contributed by atoms with van der Waals surface area (Å²) in [6.07, 6.45) is 5.53. The smallest absolute Gasteiger partial charge is 0.303 e. The molecule has 0 amide bonds. The first-order valence-electron chi connectivity index (χ1n) is 16.3. The Morgan fingerprint density at radius 3 is 2.00 bits per heavy atom. The van der Waals surface area contributed by atoms with E-state index >= 15 is 0 Å². The highest BCUT2D eigenvalue weighted by molar-refractivity contribution is 6.03. The topological polar surface area (TPSA) is 116 Å². The van der Waals surface area contributed by atoms with Crippen molar-refractivity contribution in [2.75, 3.05) is 28.4 Å². The van der Waals surface area contributed by atoms with Gasteiger partial charge in [-0.1, -0.05) is 17.7 Å². The largest absolute Gasteiger partial charge is 0.496 e. The zero-order chi connectivity index (χ0) is 35.8. The Balaban J connectivity index is 1.95. The number of carbonyl (C=O) groups excluding carboxylic acids is 3. The normalized spacial score (nSPS) is 14.9. The summed E-state index contributed by atoms with van der Waals surface area (Å²) >= 11 is 0. The number of hydrogen-bond acceptors (Lipinski definition) is 10. The molecule has 2 aromatic carbocycles. The van der Waals surface area contributed by atoms with Crippen LogP contribution < -0.4 is 23.7 Å². The Labute approximate surface area is 285 Å². The number of allylic oxidation sites excluding steroid dienone is 2. The van der Waals surface area contributed by atoms with Gasteiger partial charge in [-0.2, -0.15) is 0 Å². The number of Topliss-reactive ketones (excluding diaryl/α,β-unsaturated/α-hetero) is 1. The fraction of sp³-hybridized carbons (Fsp3) is 0.553. The van der Waals surface area contributed by atoms with Gasteiger partial charge in [0.25, 0.3) is 0 Å². The number of fused-ring (bicyclic) bond motifs is 1. The minimum Gasteiger partial charge on any atom is -0.496 e. The van der Waals surface area contributed by atoms with Crippen molar-refractivity contribution in [3.63, 3.8) is 0 Å². The third-order valence-corrected chi connectivity index (χ3v) is 8.50. The van der Waals surface area contributed by atoms with E-state index in [4.69, 9.17) is 33.2 Å². The quantitative estimate of drug-likeness (QED) is 0.130. The molecule has 3 rings (SSSR count). The van der Waals surface area contributed by atoms with Crippen LogP contribution in [0.5, 0.6) is 28.7 Å². The lowest BCUT2D eigenvalue weighted by Crippen LogP contribution is -2.28. The zero-order valence-electron chi connectivity index (χ0n) is 30.4. The van der Waals surface area contributed by atoms with Crippen molar-refractivity contribution in [2.24, 2.45) is 0 Å². The van der Waals surface area contributed by atoms with Crippen molar-refractivity contribution >= 4 is 17.7 Å². The van der Waals surface area contributed by atoms with Crippen LogP contribution in [0.3, 0.4) is 0 Å². The van der Waals surface area contributed by atoms with Crippen molar-refractivity contribution in [1.29, 1.82) is 0 Å². The van der Waals surface area contributed by atoms with Crippen LogP contribution in [-0.4, -0.2) is 57.4 Å². The van der Waals surface area contributed by atoms with Crippen LogP contribution in [0, 0.1) is 0 Å². The van der Waals surface area contributed by atoms with Crippen molar-refractivity contribution in [3.8, 4) is 28.7 Å². The minimum absolute atomic E-state index is 0.0878. The first-order valence-corrected chi connectivity index (χ1v) is 16.3. The molecule has 10 heteroatoms. The molecular formula is C38H52O10. The molecule has 0 unspecified atom stereocenters. The average Bonchev–Trinajstić information content (AvgIpc) is 2.99. The lowest BCUT2D eigenvalue weighted by atomic mass is 9.88. The molecule has 0 bridgehead atoms. The van der Waals surface area contributed by atoms with Crippen LogP contribution in [0.4, 0.5) is 0 Å². The highest BCUT2D eigenvalue weighted by atomic mass is 16.6. The maximum absolute atomic E-state index is 13.9. The van der Waals surface area contributed by atoms with E-state index in [-0.39, 0.29) is 24.1 Å². The molecule has 10 nitrogen and oxygen atoms in total. The molecule has 0 saturated heterocycles. The summed E-state index contributed by atoms with van der Waals surface area (Å²) in [5.74, 6) is 1.68. The molecule has 0 radical (unpaired) electrons. The molecule has 0 saturated carbocycles. The maximum Gasteiger partial charge on any atom is 0.303 e. The third-order valence-electron chi connectivity index (χ3n) is 8.50. The van der Waals surface area contributed by atoms with E-state index in [2.05, 4.69) is 13.0 Å². The van der Waals surface area contributed by atoms with E-state index in [1.165, 1.54) is 26.5 Å². The Kier molecular flexibility index (Phi) is 13.0. The van der Waals surface area contributed by atoms with Crippen LogP contribution >= 0.6 is 0 Å². The number of methoxy groups -OCH3 is 4. The average molecular weight is 669 g/mol. The number of esters is 2. The Hall–Kier alpha value is -4.21. The van der Waals surface area contributed by atoms with Gasteiger partial charge >= 0.3 is 11.9 Å². The molecule has 0 aromatic heterocycles. The maximum atomic E-state index is 13.9. The van der Waals surface area contributed by atoms with Gasteiger partial charge in [-0.05, 0) is 79.2 Å². The first-order chi connectivity index (χ1) is 22.6. The van der Waals surface area contributed by atoms with Crippen LogP contribution in [-0.2, 0) is 31.9 Å². The highest BCUT2D eigenvalue weighted by Crippen LogP contribution is 2.48. The van der Waals surface area contributed by atoms with Gasteiger partial charge in [0.05, 0.1) is 34.9 Å². The summed E-state index contributed by atoms with van der Waals surface area (Å²) in [6.45, 7) is 12.4. The third kappa shape index (κ3) is 9.67. The monoisotopic (exact) mass is 668 g/mol. The lowest BCUT2D eigenvalue weighted by Gasteiger charge is -2.31. The summed E-state index contributed by atoms with van der Waals surface area (Å²) in [7, 11) is 6.27. The molecule has 0 spiro atoms. The molecule has 1 aliphatic heterocycles. The SMILES string of the molecule is COc1cc2c(c(OC)c1CCC(C)(C)OC(C)=O)C(=O)C[C@@H](c1ccc(OC)c(OC)c1C/C=C(\C)CCCC(C)(C)OC(C)=O)O2. The molecule has 2 aromatic rings. The second-order valence-electron chi connectivity index (χ2n) is 13.4. The van der Waals surface area contributed by atoms with Gasteiger partial charge in [0.2, 0.25) is 0 Å². The zero-order valence-corrected chi connectivity index (χ0v) is 30.4. The number of carbonyl (C=O) groups is 3. The van der Waals surface area contributed by atoms with Gasteiger partial charge in [0, 0.05) is 36.6 Å². The molecule has 1 heterocycles. The fourth-order valence-electron chi connectivity index (χ4n) is 6.29. The van der Waals surface area contributed by atoms with Gasteiger partial charge in [0.1, 0.15) is 40.1 Å². The lowest BCUT2D eigenvalue weighted by molar-refractivity contribution is -0.155. The van der Waals surface area contributed by atoms with Gasteiger partial charge in [0.15, 0.2) is 17.3 Å². The highest BCUT2D eigenvalue weighted by Gasteiger charge is 2.36. The number of benzene rings is 2. The van der Waals surface area contributed by atoms with E-state index in [1.54, 1.807) is 27.4 Å². The predicted molar refractivity (Wildman–Crippen MR) is 183 cm³/mol. The van der Waals surface area contributed by atoms with Gasteiger partial charge in [-0.15, -0.1) is 0 Å². The Bertz CT molecular complexity index is 1520. The van der Waals surface area contributed by atoms with Crippen LogP contribution in [0.25, 0.3) is 0 Å². The summed E-state index contributed by atoms with van der Waals surface area (Å²) in [6, 6.07) is 5.48. The van der Waals surface area contributed by atoms with Gasteiger partial charge < -0.3 is 33.2 Å². The van der Waals surface area contributed by atoms with Crippen molar-refractivity contribution in [3.05, 3.63) is 52.1 Å². The number of hydrogen-bond donors (Lipinski definition) is 0. The number of ketones is 1. The molecule has 1 atom stereocenters. The molecule has 48 heavy (non-hydrogen) atoms. The fourth-order valence-corrected chi connectivity index (χ4v) is 6.29. The molecule has 264 valence electrons. The second-order valence-corrected chi connectivity index (χ2v) is 13.4. The standard InChI is InChI=1S/C38H52O10/c1-23(13-12-19-37(4,5)47-24(2)39)14-15-27-26(16-17-30(42-8)35(27)44-10)32-21-29(41)34-33(46-32)22-31(43-9)28(36(34)45-11)18-20-38(6,7)48-25(3)40/h14,16-17,22,32H,12-13,15,18-21H2,1-11H3/b23-14+/t32-/m0/s1. The van der Waals surface area contributed by atoms with E-state index in [0.717, 1.165) is 30.4 Å². The van der Waals surface area contributed by atoms with Crippen molar-refractivity contribution < 1.29 is 47.5 Å². The summed E-state index contributed by atoms with van der Waals surface area (Å²) in [4.78, 5) is 36.9. The van der Waals surface area contributed by atoms with Gasteiger partial charge in [-0.25, -0.2) is 0 Å². The van der Waals surface area contributed by atoms with E-state index in [1.807, 2.05) is 39.8 Å². The molecule has 0 aliphatic carbocycles. The predicted octanol–water partition coefficient (Wildman–Crippen LogP) is 7.70. The number of ether oxygens (including phenoxy) is 7. The van der Waals surface area contributed by atoms with Crippen LogP contribution in [0.15, 0.2) is 29.8 Å². The molecule has 1 aliphatic rings. The summed E-state index contributed by atoms with van der Waals surface area (Å²) in [5, 5.41) is 0. The number of rotatable bonds is 16. The Morgan fingerprint density at radius 1 is 0.833 bits per heavy atom. The Morgan fingerprint density at radius 2 is 1.44 bits per heavy atom. The van der Waals surface area contributed by atoms with Crippen LogP contribution in [0.2, 0.25) is 0 Å². The molecular weight excluding hydrogens is 616 g/mol. The second kappa shape index (κ2) is 16.3. The van der Waals surface area contributed by atoms with E-state index in [0.29, 0.717) is 59.1 Å². The van der Waals surface area contributed by atoms with E-state index in [9.17, 15) is 14.4 Å². The summed E-state index contributed by atoms with van der Waals surface area (Å²) in [5.41, 5.74) is 2.68. The van der Waals surface area contributed by atoms with Crippen molar-refractivity contribution in [1.82, 2.24) is 0 Å². The molecule has 0 N–H and O–H groups in total. The van der Waals surface area contributed by atoms with Gasteiger partial charge in [-0.3, -0.25) is 14.4 Å². The first kappa shape index (κ1) is 38.2. The molecule has 0 fully saturated rings. The van der Waals surface area contributed by atoms with E-state index < -0.39 is 17.3 Å². The van der Waals surface area contributed by atoms with Crippen molar-refractivity contribution in [2.45, 2.75) is 111 Å². The van der Waals surface area contributed by atoms with Crippen LogP contribution in [0.1, 0.15) is 114 Å². The minimum atomic E-state index is -0.722. The summed E-state index contributed by atoms with van der Waals surface area (Å²) < 4.78 is 40.5.